The first kappa shape index (κ1) is 39.4. The minimum atomic E-state index is -4.39. The summed E-state index contributed by atoms with van der Waals surface area (Å²) in [5.41, 5.74) is 2.66. The first-order valence-electron chi connectivity index (χ1n) is 19.1. The number of halogens is 3. The highest BCUT2D eigenvalue weighted by molar-refractivity contribution is 7.99. The molecule has 0 spiro atoms. The van der Waals surface area contributed by atoms with Crippen LogP contribution >= 0.6 is 11.8 Å². The number of thioether (sulfide) groups is 1. The molecule has 3 aromatic rings. The van der Waals surface area contributed by atoms with Crippen LogP contribution in [0.25, 0.3) is 0 Å². The molecule has 2 N–H and O–H groups in total. The average molecular weight is 763 g/mol. The van der Waals surface area contributed by atoms with Crippen LogP contribution in [-0.4, -0.2) is 71.0 Å². The van der Waals surface area contributed by atoms with E-state index >= 15 is 0 Å². The summed E-state index contributed by atoms with van der Waals surface area (Å²) in [6.07, 6.45) is -0.262. The van der Waals surface area contributed by atoms with Gasteiger partial charge in [-0.05, 0) is 93.2 Å². The van der Waals surface area contributed by atoms with Crippen molar-refractivity contribution >= 4 is 41.1 Å². The van der Waals surface area contributed by atoms with E-state index in [1.165, 1.54) is 16.7 Å². The molecule has 4 amide bonds. The first-order valence-corrected chi connectivity index (χ1v) is 20.2. The van der Waals surface area contributed by atoms with Crippen molar-refractivity contribution in [3.05, 3.63) is 102 Å². The highest BCUT2D eigenvalue weighted by Crippen LogP contribution is 2.40. The zero-order valence-corrected chi connectivity index (χ0v) is 31.2. The molecule has 54 heavy (non-hydrogen) atoms. The quantitative estimate of drug-likeness (QED) is 0.209. The SMILES string of the molecule is O=C(N[C@H]1CCCCN(c2ccccc2)C1=O)[C@H](CC[C@H](Cc1ccccc1)C(=O)N[C@H]1CCS[C@H]2CC[C@@H](C(F)(F)F)CN2C1=O)Cc1ccccc1. The van der Waals surface area contributed by atoms with Gasteiger partial charge in [-0.25, -0.2) is 0 Å². The fraction of sp³-hybridized carbons (Fsp3) is 0.476. The molecule has 3 saturated heterocycles. The minimum absolute atomic E-state index is 0.0148. The molecule has 12 heteroatoms. The summed E-state index contributed by atoms with van der Waals surface area (Å²) in [6, 6.07) is 27.0. The topological polar surface area (TPSA) is 98.8 Å². The summed E-state index contributed by atoms with van der Waals surface area (Å²) in [5.74, 6) is -3.43. The van der Waals surface area contributed by atoms with Crippen LogP contribution in [0.5, 0.6) is 0 Å². The molecular formula is C42H49F3N4O4S. The van der Waals surface area contributed by atoms with Crippen LogP contribution in [0.1, 0.15) is 62.5 Å². The number of fused-ring (bicyclic) bond motifs is 1. The van der Waals surface area contributed by atoms with Crippen LogP contribution in [0.3, 0.4) is 0 Å². The summed E-state index contributed by atoms with van der Waals surface area (Å²) in [7, 11) is 0. The molecule has 6 atom stereocenters. The molecule has 0 aliphatic carbocycles. The minimum Gasteiger partial charge on any atom is -0.344 e. The van der Waals surface area contributed by atoms with Gasteiger partial charge >= 0.3 is 6.18 Å². The Morgan fingerprint density at radius 2 is 1.24 bits per heavy atom. The first-order chi connectivity index (χ1) is 26.1. The highest BCUT2D eigenvalue weighted by Gasteiger charge is 2.47. The normalized spacial score (nSPS) is 23.4. The Morgan fingerprint density at radius 1 is 0.704 bits per heavy atom. The van der Waals surface area contributed by atoms with Gasteiger partial charge in [0, 0.05) is 30.6 Å². The van der Waals surface area contributed by atoms with Crippen molar-refractivity contribution in [2.24, 2.45) is 17.8 Å². The van der Waals surface area contributed by atoms with Crippen LogP contribution in [0.2, 0.25) is 0 Å². The molecular weight excluding hydrogens is 714 g/mol. The van der Waals surface area contributed by atoms with E-state index in [1.54, 1.807) is 4.90 Å². The summed E-state index contributed by atoms with van der Waals surface area (Å²) < 4.78 is 41.1. The predicted octanol–water partition coefficient (Wildman–Crippen LogP) is 6.94. The lowest BCUT2D eigenvalue weighted by molar-refractivity contribution is -0.189. The maximum absolute atomic E-state index is 14.2. The van der Waals surface area contributed by atoms with E-state index < -0.39 is 48.5 Å². The van der Waals surface area contributed by atoms with Crippen molar-refractivity contribution in [3.63, 3.8) is 0 Å². The van der Waals surface area contributed by atoms with Crippen molar-refractivity contribution in [3.8, 4) is 0 Å². The van der Waals surface area contributed by atoms with Crippen molar-refractivity contribution in [2.45, 2.75) is 87.8 Å². The molecule has 0 bridgehead atoms. The number of carbonyl (C=O) groups excluding carboxylic acids is 4. The lowest BCUT2D eigenvalue weighted by atomic mass is 9.86. The number of amides is 4. The fourth-order valence-electron chi connectivity index (χ4n) is 7.87. The van der Waals surface area contributed by atoms with Gasteiger partial charge in [0.2, 0.25) is 23.6 Å². The Morgan fingerprint density at radius 3 is 1.80 bits per heavy atom. The van der Waals surface area contributed by atoms with E-state index in [4.69, 9.17) is 0 Å². The van der Waals surface area contributed by atoms with Crippen LogP contribution in [0.4, 0.5) is 18.9 Å². The molecule has 3 aliphatic rings. The average Bonchev–Trinajstić information content (AvgIpc) is 3.45. The molecule has 0 radical (unpaired) electrons. The lowest BCUT2D eigenvalue weighted by Gasteiger charge is -2.39. The molecule has 3 fully saturated rings. The Labute approximate surface area is 319 Å². The molecule has 3 aliphatic heterocycles. The second kappa shape index (κ2) is 18.3. The smallest absolute Gasteiger partial charge is 0.344 e. The van der Waals surface area contributed by atoms with E-state index in [0.717, 1.165) is 29.7 Å². The number of hydrogen-bond acceptors (Lipinski definition) is 5. The number of nitrogens with one attached hydrogen (secondary N) is 2. The summed E-state index contributed by atoms with van der Waals surface area (Å²) in [6.45, 7) is 0.172. The standard InChI is InChI=1S/C42H49F3N4O4S/c43-42(44,45)33-21-22-37-49(28-33)41(53)36(23-25-54-37)47-39(51)32(27-30-14-6-2-7-15-30)20-19-31(26-29-12-4-1-5-13-29)38(50)46-35-18-10-11-24-48(40(35)52)34-16-8-3-9-17-34/h1-9,12-17,31-33,35-37H,10-11,18-28H2,(H,46,50)(H,47,51)/t31-,32-,33-,35+,36+,37+/m1/s1. The van der Waals surface area contributed by atoms with Crippen molar-refractivity contribution in [1.29, 1.82) is 0 Å². The Balaban J connectivity index is 1.18. The van der Waals surface area contributed by atoms with E-state index in [2.05, 4.69) is 10.6 Å². The van der Waals surface area contributed by atoms with Crippen LogP contribution in [-0.2, 0) is 32.0 Å². The molecule has 8 nitrogen and oxygen atoms in total. The molecule has 3 heterocycles. The van der Waals surface area contributed by atoms with Crippen molar-refractivity contribution < 1.29 is 32.3 Å². The largest absolute Gasteiger partial charge is 0.393 e. The second-order valence-corrected chi connectivity index (χ2v) is 16.0. The Bertz CT molecular complexity index is 1710. The number of alkyl halides is 3. The molecule has 288 valence electrons. The zero-order chi connectivity index (χ0) is 38.1. The van der Waals surface area contributed by atoms with Gasteiger partial charge < -0.3 is 20.4 Å². The monoisotopic (exact) mass is 762 g/mol. The van der Waals surface area contributed by atoms with Crippen LogP contribution in [0, 0.1) is 17.8 Å². The fourth-order valence-corrected chi connectivity index (χ4v) is 9.18. The van der Waals surface area contributed by atoms with Crippen LogP contribution < -0.4 is 15.5 Å². The van der Waals surface area contributed by atoms with E-state index in [0.29, 0.717) is 50.8 Å². The third-order valence-electron chi connectivity index (χ3n) is 10.9. The number of hydrogen-bond donors (Lipinski definition) is 2. The Hall–Kier alpha value is -4.32. The van der Waals surface area contributed by atoms with Gasteiger partial charge in [-0.1, -0.05) is 78.9 Å². The summed E-state index contributed by atoms with van der Waals surface area (Å²) >= 11 is 1.47. The summed E-state index contributed by atoms with van der Waals surface area (Å²) in [4.78, 5) is 58.9. The van der Waals surface area contributed by atoms with Crippen molar-refractivity contribution in [1.82, 2.24) is 15.5 Å². The van der Waals surface area contributed by atoms with Gasteiger partial charge in [0.15, 0.2) is 0 Å². The maximum Gasteiger partial charge on any atom is 0.393 e. The molecule has 6 rings (SSSR count). The molecule has 0 unspecified atom stereocenters. The molecule has 3 aromatic carbocycles. The molecule has 0 saturated carbocycles. The number of benzene rings is 3. The Kier molecular flexibility index (Phi) is 13.4. The lowest BCUT2D eigenvalue weighted by Crippen LogP contribution is -2.55. The number of nitrogens with zero attached hydrogens (tertiary/aromatic N) is 2. The van der Waals surface area contributed by atoms with Crippen LogP contribution in [0.15, 0.2) is 91.0 Å². The molecule has 0 aromatic heterocycles. The summed E-state index contributed by atoms with van der Waals surface area (Å²) in [5, 5.41) is 5.69. The predicted molar refractivity (Wildman–Crippen MR) is 204 cm³/mol. The number of rotatable bonds is 12. The number of para-hydroxylation sites is 1. The van der Waals surface area contributed by atoms with Gasteiger partial charge in [0.25, 0.3) is 0 Å². The van der Waals surface area contributed by atoms with E-state index in [-0.39, 0.29) is 35.9 Å². The number of anilines is 1. The number of carbonyl (C=O) groups is 4. The second-order valence-electron chi connectivity index (χ2n) is 14.7. The third kappa shape index (κ3) is 10.2. The van der Waals surface area contributed by atoms with Gasteiger partial charge in [0.1, 0.15) is 12.1 Å². The third-order valence-corrected chi connectivity index (χ3v) is 12.3. The van der Waals surface area contributed by atoms with Gasteiger partial charge in [-0.15, -0.1) is 11.8 Å². The van der Waals surface area contributed by atoms with Gasteiger partial charge in [-0.3, -0.25) is 19.2 Å². The number of piperidine rings is 1. The van der Waals surface area contributed by atoms with Crippen molar-refractivity contribution in [2.75, 3.05) is 23.7 Å². The van der Waals surface area contributed by atoms with Gasteiger partial charge in [0.05, 0.1) is 11.3 Å². The zero-order valence-electron chi connectivity index (χ0n) is 30.4. The van der Waals surface area contributed by atoms with E-state index in [9.17, 15) is 32.3 Å². The van der Waals surface area contributed by atoms with E-state index in [1.807, 2.05) is 91.0 Å². The maximum atomic E-state index is 14.2. The highest BCUT2D eigenvalue weighted by atomic mass is 32.2. The van der Waals surface area contributed by atoms with Gasteiger partial charge in [-0.2, -0.15) is 13.2 Å².